The number of furan rings is 1. The van der Waals surface area contributed by atoms with Gasteiger partial charge in [0.05, 0.1) is 26.5 Å². The number of amides is 1. The maximum Gasteiger partial charge on any atom is 0.348 e. The third-order valence-electron chi connectivity index (χ3n) is 4.82. The van der Waals surface area contributed by atoms with E-state index < -0.39 is 12.1 Å². The average molecular weight is 381 g/mol. The number of anilines is 1. The molecule has 28 heavy (non-hydrogen) atoms. The van der Waals surface area contributed by atoms with Crippen LogP contribution in [0.25, 0.3) is 11.0 Å². The van der Waals surface area contributed by atoms with Crippen LogP contribution in [0.2, 0.25) is 0 Å². The molecule has 0 aliphatic carbocycles. The molecule has 7 nitrogen and oxygen atoms in total. The summed E-state index contributed by atoms with van der Waals surface area (Å²) in [5, 5.41) is 0.800. The Morgan fingerprint density at radius 2 is 1.93 bits per heavy atom. The molecule has 0 fully saturated rings. The Hall–Kier alpha value is -3.48. The largest absolute Gasteiger partial charge is 0.497 e. The lowest BCUT2D eigenvalue weighted by Gasteiger charge is -2.33. The maximum atomic E-state index is 13.4. The third-order valence-corrected chi connectivity index (χ3v) is 4.82. The monoisotopic (exact) mass is 381 g/mol. The van der Waals surface area contributed by atoms with Gasteiger partial charge in [-0.1, -0.05) is 12.1 Å². The highest BCUT2D eigenvalue weighted by atomic mass is 16.6. The van der Waals surface area contributed by atoms with Crippen LogP contribution in [0.1, 0.15) is 16.1 Å². The molecule has 2 aromatic carbocycles. The first kappa shape index (κ1) is 17.9. The molecule has 0 saturated heterocycles. The Balaban J connectivity index is 1.77. The Bertz CT molecular complexity index is 1070. The summed E-state index contributed by atoms with van der Waals surface area (Å²) >= 11 is 0. The van der Waals surface area contributed by atoms with Crippen LogP contribution >= 0.6 is 0 Å². The summed E-state index contributed by atoms with van der Waals surface area (Å²) in [6.45, 7) is 1.85. The van der Waals surface area contributed by atoms with Crippen molar-refractivity contribution in [3.8, 4) is 11.5 Å². The van der Waals surface area contributed by atoms with E-state index in [1.165, 1.54) is 12.0 Å². The number of esters is 1. The van der Waals surface area contributed by atoms with Crippen molar-refractivity contribution in [1.82, 2.24) is 0 Å². The standard InChI is InChI=1S/C21H19NO6/c1-12-14-10-13(25-2)8-9-16(14)28-19(12)20(23)22-11-18(21(24)26-3)27-17-7-5-4-6-15(17)22/h4-10,18H,11H2,1-3H3/t18-/m1/s1. The zero-order valence-electron chi connectivity index (χ0n) is 15.7. The number of carbonyl (C=O) groups excluding carboxylic acids is 2. The SMILES string of the molecule is COC(=O)[C@H]1CN(C(=O)c2oc3ccc(OC)cc3c2C)c2ccccc2O1. The van der Waals surface area contributed by atoms with Crippen LogP contribution in [-0.2, 0) is 9.53 Å². The quantitative estimate of drug-likeness (QED) is 0.648. The molecule has 1 aliphatic heterocycles. The van der Waals surface area contributed by atoms with Crippen LogP contribution in [0, 0.1) is 6.92 Å². The first-order chi connectivity index (χ1) is 13.5. The number of ether oxygens (including phenoxy) is 3. The second-order valence-corrected chi connectivity index (χ2v) is 6.43. The topological polar surface area (TPSA) is 78.2 Å². The molecule has 144 valence electrons. The predicted molar refractivity (Wildman–Crippen MR) is 102 cm³/mol. The highest BCUT2D eigenvalue weighted by Crippen LogP contribution is 2.36. The summed E-state index contributed by atoms with van der Waals surface area (Å²) in [5.74, 6) is 0.435. The fraction of sp³-hybridized carbons (Fsp3) is 0.238. The van der Waals surface area contributed by atoms with Crippen molar-refractivity contribution in [3.63, 3.8) is 0 Å². The predicted octanol–water partition coefficient (Wildman–Crippen LogP) is 3.33. The van der Waals surface area contributed by atoms with Gasteiger partial charge >= 0.3 is 5.97 Å². The van der Waals surface area contributed by atoms with Crippen LogP contribution in [0.5, 0.6) is 11.5 Å². The van der Waals surface area contributed by atoms with Gasteiger partial charge in [0.2, 0.25) is 6.10 Å². The van der Waals surface area contributed by atoms with Crippen molar-refractivity contribution < 1.29 is 28.2 Å². The van der Waals surface area contributed by atoms with Gasteiger partial charge in [-0.15, -0.1) is 0 Å². The summed E-state index contributed by atoms with van der Waals surface area (Å²) in [5.41, 5.74) is 1.87. The average Bonchev–Trinajstić information content (AvgIpc) is 3.07. The molecule has 0 spiro atoms. The highest BCUT2D eigenvalue weighted by molar-refractivity contribution is 6.09. The molecule has 0 bridgehead atoms. The Morgan fingerprint density at radius 3 is 2.68 bits per heavy atom. The molecule has 0 unspecified atom stereocenters. The van der Waals surface area contributed by atoms with Crippen molar-refractivity contribution in [1.29, 1.82) is 0 Å². The second-order valence-electron chi connectivity index (χ2n) is 6.43. The lowest BCUT2D eigenvalue weighted by atomic mass is 10.1. The number of carbonyl (C=O) groups is 2. The minimum absolute atomic E-state index is 0.0301. The number of nitrogens with zero attached hydrogens (tertiary/aromatic N) is 1. The molecule has 1 aliphatic rings. The number of fused-ring (bicyclic) bond motifs is 2. The van der Waals surface area contributed by atoms with Gasteiger partial charge in [0.1, 0.15) is 17.1 Å². The summed E-state index contributed by atoms with van der Waals surface area (Å²) in [7, 11) is 2.87. The molecule has 1 atom stereocenters. The van der Waals surface area contributed by atoms with Crippen molar-refractivity contribution in [2.24, 2.45) is 0 Å². The fourth-order valence-corrected chi connectivity index (χ4v) is 3.33. The van der Waals surface area contributed by atoms with E-state index in [-0.39, 0.29) is 18.2 Å². The van der Waals surface area contributed by atoms with Gasteiger partial charge in [-0.2, -0.15) is 0 Å². The molecule has 0 N–H and O–H groups in total. The molecule has 2 heterocycles. The molecule has 0 saturated carbocycles. The van der Waals surface area contributed by atoms with Crippen LogP contribution in [0.3, 0.4) is 0 Å². The smallest absolute Gasteiger partial charge is 0.348 e. The number of aryl methyl sites for hydroxylation is 1. The number of hydrogen-bond acceptors (Lipinski definition) is 6. The van der Waals surface area contributed by atoms with Gasteiger partial charge in [-0.05, 0) is 37.3 Å². The first-order valence-corrected chi connectivity index (χ1v) is 8.76. The van der Waals surface area contributed by atoms with E-state index in [9.17, 15) is 9.59 Å². The highest BCUT2D eigenvalue weighted by Gasteiger charge is 2.36. The number of rotatable bonds is 3. The molecular weight excluding hydrogens is 362 g/mol. The number of methoxy groups -OCH3 is 2. The van der Waals surface area contributed by atoms with E-state index in [0.29, 0.717) is 28.3 Å². The van der Waals surface area contributed by atoms with Gasteiger partial charge in [-0.3, -0.25) is 9.69 Å². The van der Waals surface area contributed by atoms with Crippen LogP contribution in [0.15, 0.2) is 46.9 Å². The lowest BCUT2D eigenvalue weighted by molar-refractivity contribution is -0.148. The van der Waals surface area contributed by atoms with Crippen LogP contribution < -0.4 is 14.4 Å². The van der Waals surface area contributed by atoms with Gasteiger partial charge < -0.3 is 18.6 Å². The second kappa shape index (κ2) is 6.92. The summed E-state index contributed by atoms with van der Waals surface area (Å²) in [4.78, 5) is 26.9. The maximum absolute atomic E-state index is 13.4. The molecular formula is C21H19NO6. The number of hydrogen-bond donors (Lipinski definition) is 0. The normalized spacial score (nSPS) is 15.7. The molecule has 0 radical (unpaired) electrons. The number of benzene rings is 2. The fourth-order valence-electron chi connectivity index (χ4n) is 3.33. The van der Waals surface area contributed by atoms with Crippen molar-refractivity contribution in [3.05, 3.63) is 53.8 Å². The molecule has 1 aromatic heterocycles. The van der Waals surface area contributed by atoms with Gasteiger partial charge in [-0.25, -0.2) is 4.79 Å². The van der Waals surface area contributed by atoms with Gasteiger partial charge in [0, 0.05) is 10.9 Å². The van der Waals surface area contributed by atoms with E-state index in [4.69, 9.17) is 18.6 Å². The van der Waals surface area contributed by atoms with Gasteiger partial charge in [0.25, 0.3) is 5.91 Å². The Morgan fingerprint density at radius 1 is 1.14 bits per heavy atom. The minimum atomic E-state index is -0.909. The summed E-state index contributed by atoms with van der Waals surface area (Å²) < 4.78 is 21.6. The van der Waals surface area contributed by atoms with Crippen molar-refractivity contribution >= 4 is 28.5 Å². The lowest BCUT2D eigenvalue weighted by Crippen LogP contribution is -2.47. The van der Waals surface area contributed by atoms with E-state index in [2.05, 4.69) is 0 Å². The van der Waals surface area contributed by atoms with E-state index >= 15 is 0 Å². The summed E-state index contributed by atoms with van der Waals surface area (Å²) in [6, 6.07) is 12.4. The van der Waals surface area contributed by atoms with Crippen molar-refractivity contribution in [2.75, 3.05) is 25.7 Å². The zero-order valence-corrected chi connectivity index (χ0v) is 15.7. The molecule has 4 rings (SSSR count). The van der Waals surface area contributed by atoms with E-state index in [0.717, 1.165) is 5.39 Å². The van der Waals surface area contributed by atoms with Crippen molar-refractivity contribution in [2.45, 2.75) is 13.0 Å². The zero-order chi connectivity index (χ0) is 19.8. The molecule has 3 aromatic rings. The van der Waals surface area contributed by atoms with E-state index in [1.54, 1.807) is 43.5 Å². The van der Waals surface area contributed by atoms with Crippen LogP contribution in [0.4, 0.5) is 5.69 Å². The minimum Gasteiger partial charge on any atom is -0.497 e. The third kappa shape index (κ3) is 2.85. The van der Waals surface area contributed by atoms with Crippen LogP contribution in [-0.4, -0.2) is 38.7 Å². The van der Waals surface area contributed by atoms with Gasteiger partial charge in [0.15, 0.2) is 5.76 Å². The summed E-state index contributed by atoms with van der Waals surface area (Å²) in [6.07, 6.45) is -0.909. The first-order valence-electron chi connectivity index (χ1n) is 8.76. The number of para-hydroxylation sites is 2. The molecule has 1 amide bonds. The van der Waals surface area contributed by atoms with E-state index in [1.807, 2.05) is 13.0 Å². The Labute approximate surface area is 161 Å². The Kier molecular flexibility index (Phi) is 4.43. The molecule has 7 heteroatoms.